The Morgan fingerprint density at radius 3 is 2.78 bits per heavy atom. The molecule has 2 rings (SSSR count). The molecule has 1 aromatic heterocycles. The van der Waals surface area contributed by atoms with E-state index in [2.05, 4.69) is 34.8 Å². The predicted octanol–water partition coefficient (Wildman–Crippen LogP) is 4.14. The number of benzene rings is 1. The summed E-state index contributed by atoms with van der Waals surface area (Å²) >= 11 is 3.46. The average Bonchev–Trinajstić information content (AvgIpc) is 2.68. The zero-order chi connectivity index (χ0) is 13.3. The summed E-state index contributed by atoms with van der Waals surface area (Å²) in [6, 6.07) is 6.02. The first-order valence-electron chi connectivity index (χ1n) is 5.97. The van der Waals surface area contributed by atoms with Crippen molar-refractivity contribution < 1.29 is 9.90 Å². The number of aromatic nitrogens is 1. The van der Waals surface area contributed by atoms with Crippen LogP contribution in [0, 0.1) is 5.92 Å². The smallest absolute Gasteiger partial charge is 0.303 e. The molecule has 0 aliphatic rings. The number of nitrogens with one attached hydrogen (secondary N) is 1. The summed E-state index contributed by atoms with van der Waals surface area (Å²) in [5.41, 5.74) is 2.13. The first-order chi connectivity index (χ1) is 8.49. The second kappa shape index (κ2) is 5.14. The van der Waals surface area contributed by atoms with Crippen LogP contribution in [0.2, 0.25) is 0 Å². The molecule has 2 aromatic rings. The lowest BCUT2D eigenvalue weighted by Gasteiger charge is -2.18. The van der Waals surface area contributed by atoms with E-state index in [0.29, 0.717) is 5.92 Å². The van der Waals surface area contributed by atoms with E-state index < -0.39 is 5.97 Å². The van der Waals surface area contributed by atoms with E-state index in [1.165, 1.54) is 0 Å². The molecular weight excluding hydrogens is 294 g/mol. The molecule has 1 unspecified atom stereocenters. The molecule has 96 valence electrons. The maximum absolute atomic E-state index is 11.0. The minimum absolute atomic E-state index is 0.0329. The standard InChI is InChI=1S/C14H16BrNO2/c1-8(2)10(6-14(17)18)12-7-16-13-4-3-9(15)5-11(12)13/h3-5,7-8,10,16H,6H2,1-2H3,(H,17,18). The maximum Gasteiger partial charge on any atom is 0.303 e. The molecule has 0 saturated heterocycles. The number of aliphatic carboxylic acids is 1. The Balaban J connectivity index is 2.50. The molecule has 2 N–H and O–H groups in total. The molecular formula is C14H16BrNO2. The molecule has 0 aliphatic carbocycles. The number of halogens is 1. The van der Waals surface area contributed by atoms with Gasteiger partial charge in [0.2, 0.25) is 0 Å². The molecule has 0 aliphatic heterocycles. The maximum atomic E-state index is 11.0. The topological polar surface area (TPSA) is 53.1 Å². The minimum atomic E-state index is -0.752. The van der Waals surface area contributed by atoms with Crippen LogP contribution in [0.5, 0.6) is 0 Å². The summed E-state index contributed by atoms with van der Waals surface area (Å²) in [5.74, 6) is -0.428. The van der Waals surface area contributed by atoms with Crippen molar-refractivity contribution in [1.29, 1.82) is 0 Å². The van der Waals surface area contributed by atoms with Crippen LogP contribution in [-0.4, -0.2) is 16.1 Å². The second-order valence-corrected chi connectivity index (χ2v) is 5.80. The SMILES string of the molecule is CC(C)C(CC(=O)O)c1c[nH]c2ccc(Br)cc12. The monoisotopic (exact) mass is 309 g/mol. The van der Waals surface area contributed by atoms with Gasteiger partial charge in [0, 0.05) is 21.6 Å². The number of carboxylic acids is 1. The first-order valence-corrected chi connectivity index (χ1v) is 6.76. The summed E-state index contributed by atoms with van der Waals surface area (Å²) in [4.78, 5) is 14.2. The third-order valence-corrected chi connectivity index (χ3v) is 3.77. The van der Waals surface area contributed by atoms with Crippen LogP contribution in [0.4, 0.5) is 0 Å². The van der Waals surface area contributed by atoms with Crippen molar-refractivity contribution in [1.82, 2.24) is 4.98 Å². The van der Waals surface area contributed by atoms with Gasteiger partial charge in [0.15, 0.2) is 0 Å². The Kier molecular flexibility index (Phi) is 3.76. The quantitative estimate of drug-likeness (QED) is 0.891. The van der Waals surface area contributed by atoms with Crippen molar-refractivity contribution in [2.75, 3.05) is 0 Å². The average molecular weight is 310 g/mol. The van der Waals surface area contributed by atoms with Crippen molar-refractivity contribution >= 4 is 32.8 Å². The highest BCUT2D eigenvalue weighted by Crippen LogP contribution is 2.34. The van der Waals surface area contributed by atoms with Gasteiger partial charge in [0.1, 0.15) is 0 Å². The van der Waals surface area contributed by atoms with Crippen molar-refractivity contribution in [3.05, 3.63) is 34.4 Å². The summed E-state index contributed by atoms with van der Waals surface area (Å²) in [6.45, 7) is 4.12. The number of rotatable bonds is 4. The molecule has 0 radical (unpaired) electrons. The van der Waals surface area contributed by atoms with Crippen molar-refractivity contribution in [2.24, 2.45) is 5.92 Å². The summed E-state index contributed by atoms with van der Waals surface area (Å²) < 4.78 is 1.01. The Bertz CT molecular complexity index is 574. The minimum Gasteiger partial charge on any atom is -0.481 e. The van der Waals surface area contributed by atoms with Crippen molar-refractivity contribution in [3.8, 4) is 0 Å². The van der Waals surface area contributed by atoms with E-state index in [-0.39, 0.29) is 12.3 Å². The van der Waals surface area contributed by atoms with Crippen molar-refractivity contribution in [2.45, 2.75) is 26.2 Å². The number of carboxylic acid groups (broad SMARTS) is 1. The van der Waals surface area contributed by atoms with E-state index in [4.69, 9.17) is 5.11 Å². The Morgan fingerprint density at radius 1 is 1.44 bits per heavy atom. The van der Waals surface area contributed by atoms with Gasteiger partial charge in [-0.2, -0.15) is 0 Å². The highest BCUT2D eigenvalue weighted by atomic mass is 79.9. The van der Waals surface area contributed by atoms with Gasteiger partial charge in [-0.3, -0.25) is 4.79 Å². The van der Waals surface area contributed by atoms with Gasteiger partial charge in [-0.05, 0) is 35.6 Å². The van der Waals surface area contributed by atoms with Gasteiger partial charge in [0.05, 0.1) is 6.42 Å². The normalized spacial score (nSPS) is 13.1. The fourth-order valence-electron chi connectivity index (χ4n) is 2.31. The van der Waals surface area contributed by atoms with E-state index in [1.54, 1.807) is 0 Å². The molecule has 4 heteroatoms. The number of carbonyl (C=O) groups is 1. The van der Waals surface area contributed by atoms with E-state index >= 15 is 0 Å². The summed E-state index contributed by atoms with van der Waals surface area (Å²) in [5, 5.41) is 10.1. The first kappa shape index (κ1) is 13.1. The number of hydrogen-bond acceptors (Lipinski definition) is 1. The van der Waals surface area contributed by atoms with Crippen LogP contribution in [0.3, 0.4) is 0 Å². The Labute approximate surface area is 114 Å². The lowest BCUT2D eigenvalue weighted by atomic mass is 9.85. The predicted molar refractivity (Wildman–Crippen MR) is 75.8 cm³/mol. The van der Waals surface area contributed by atoms with E-state index in [1.807, 2.05) is 24.4 Å². The van der Waals surface area contributed by atoms with Crippen LogP contribution in [0.15, 0.2) is 28.9 Å². The Morgan fingerprint density at radius 2 is 2.17 bits per heavy atom. The van der Waals surface area contributed by atoms with Gasteiger partial charge in [-0.15, -0.1) is 0 Å². The van der Waals surface area contributed by atoms with Crippen LogP contribution in [0.25, 0.3) is 10.9 Å². The largest absolute Gasteiger partial charge is 0.481 e. The summed E-state index contributed by atoms with van der Waals surface area (Å²) in [7, 11) is 0. The number of H-pyrrole nitrogens is 1. The number of hydrogen-bond donors (Lipinski definition) is 2. The zero-order valence-electron chi connectivity index (χ0n) is 10.4. The Hall–Kier alpha value is -1.29. The molecule has 1 heterocycles. The lowest BCUT2D eigenvalue weighted by Crippen LogP contribution is -2.11. The van der Waals surface area contributed by atoms with Gasteiger partial charge >= 0.3 is 5.97 Å². The van der Waals surface area contributed by atoms with Gasteiger partial charge in [0.25, 0.3) is 0 Å². The molecule has 18 heavy (non-hydrogen) atoms. The second-order valence-electron chi connectivity index (χ2n) is 4.88. The lowest BCUT2D eigenvalue weighted by molar-refractivity contribution is -0.137. The van der Waals surface area contributed by atoms with Gasteiger partial charge in [-0.25, -0.2) is 0 Å². The molecule has 1 atom stereocenters. The van der Waals surface area contributed by atoms with Gasteiger partial charge in [-0.1, -0.05) is 29.8 Å². The van der Waals surface area contributed by atoms with Crippen LogP contribution in [0.1, 0.15) is 31.7 Å². The number of fused-ring (bicyclic) bond motifs is 1. The van der Waals surface area contributed by atoms with Crippen LogP contribution in [-0.2, 0) is 4.79 Å². The van der Waals surface area contributed by atoms with Gasteiger partial charge < -0.3 is 10.1 Å². The van der Waals surface area contributed by atoms with Crippen LogP contribution < -0.4 is 0 Å². The van der Waals surface area contributed by atoms with E-state index in [0.717, 1.165) is 20.9 Å². The summed E-state index contributed by atoms with van der Waals surface area (Å²) in [6.07, 6.45) is 2.10. The van der Waals surface area contributed by atoms with Crippen LogP contribution >= 0.6 is 15.9 Å². The fraction of sp³-hybridized carbons (Fsp3) is 0.357. The zero-order valence-corrected chi connectivity index (χ0v) is 12.0. The third kappa shape index (κ3) is 2.58. The highest BCUT2D eigenvalue weighted by Gasteiger charge is 2.22. The number of aromatic amines is 1. The highest BCUT2D eigenvalue weighted by molar-refractivity contribution is 9.10. The molecule has 0 bridgehead atoms. The molecule has 1 aromatic carbocycles. The fourth-order valence-corrected chi connectivity index (χ4v) is 2.68. The molecule has 3 nitrogen and oxygen atoms in total. The van der Waals surface area contributed by atoms with Crippen molar-refractivity contribution in [3.63, 3.8) is 0 Å². The molecule has 0 spiro atoms. The molecule has 0 fully saturated rings. The third-order valence-electron chi connectivity index (χ3n) is 3.27. The molecule has 0 amide bonds. The van der Waals surface area contributed by atoms with E-state index in [9.17, 15) is 4.79 Å². The molecule has 0 saturated carbocycles.